The van der Waals surface area contributed by atoms with Crippen LogP contribution in [0, 0.1) is 0 Å². The van der Waals surface area contributed by atoms with E-state index >= 15 is 0 Å². The molecule has 0 bridgehead atoms. The first-order valence-electron chi connectivity index (χ1n) is 5.89. The summed E-state index contributed by atoms with van der Waals surface area (Å²) in [5.74, 6) is 1.97. The van der Waals surface area contributed by atoms with Crippen LogP contribution in [0.4, 0.5) is 0 Å². The predicted octanol–water partition coefficient (Wildman–Crippen LogP) is 2.59. The third kappa shape index (κ3) is 2.53. The highest BCUT2D eigenvalue weighted by atomic mass is 32.1. The molecule has 1 aliphatic heterocycles. The summed E-state index contributed by atoms with van der Waals surface area (Å²) in [6.45, 7) is 0.860. The first-order chi connectivity index (χ1) is 7.85. The van der Waals surface area contributed by atoms with Crippen LogP contribution in [-0.2, 0) is 6.42 Å². The first kappa shape index (κ1) is 11.8. The smallest absolute Gasteiger partial charge is 0.122 e. The van der Waals surface area contributed by atoms with Crippen molar-refractivity contribution >= 4 is 12.6 Å². The zero-order valence-corrected chi connectivity index (χ0v) is 10.6. The van der Waals surface area contributed by atoms with Crippen LogP contribution < -0.4 is 10.1 Å². The predicted molar refractivity (Wildman–Crippen MR) is 70.5 cm³/mol. The second-order valence-corrected chi connectivity index (χ2v) is 4.62. The Morgan fingerprint density at radius 2 is 2.38 bits per heavy atom. The molecular formula is C13H19NOS. The van der Waals surface area contributed by atoms with Gasteiger partial charge in [0.1, 0.15) is 5.75 Å². The molecule has 3 heteroatoms. The molecule has 1 heterocycles. The Hall–Kier alpha value is -0.670. The lowest BCUT2D eigenvalue weighted by molar-refractivity contribution is 0.288. The Bertz CT molecular complexity index is 354. The molecule has 0 spiro atoms. The molecule has 88 valence electrons. The van der Waals surface area contributed by atoms with Gasteiger partial charge in [0, 0.05) is 6.04 Å². The molecular weight excluding hydrogens is 218 g/mol. The summed E-state index contributed by atoms with van der Waals surface area (Å²) < 4.78 is 5.62. The number of ether oxygens (including phenoxy) is 1. The molecule has 0 amide bonds. The number of thiol groups is 1. The topological polar surface area (TPSA) is 21.3 Å². The molecule has 0 radical (unpaired) electrons. The van der Waals surface area contributed by atoms with Crippen molar-refractivity contribution in [3.05, 3.63) is 29.3 Å². The molecule has 0 saturated carbocycles. The fourth-order valence-electron chi connectivity index (χ4n) is 2.20. The van der Waals surface area contributed by atoms with E-state index in [4.69, 9.17) is 4.74 Å². The van der Waals surface area contributed by atoms with Crippen molar-refractivity contribution in [1.82, 2.24) is 5.32 Å². The van der Waals surface area contributed by atoms with Crippen molar-refractivity contribution in [2.24, 2.45) is 0 Å². The summed E-state index contributed by atoms with van der Waals surface area (Å²) in [5.41, 5.74) is 2.70. The quantitative estimate of drug-likeness (QED) is 0.785. The molecule has 1 unspecified atom stereocenters. The highest BCUT2D eigenvalue weighted by Crippen LogP contribution is 2.28. The first-order valence-corrected chi connectivity index (χ1v) is 6.52. The van der Waals surface area contributed by atoms with Crippen LogP contribution in [0.3, 0.4) is 0 Å². The van der Waals surface area contributed by atoms with Gasteiger partial charge in [-0.15, -0.1) is 0 Å². The summed E-state index contributed by atoms with van der Waals surface area (Å²) in [7, 11) is 2.00. The maximum atomic E-state index is 5.62. The lowest BCUT2D eigenvalue weighted by Gasteiger charge is -2.21. The SMILES string of the molecule is CNC(CCS)c1ccc2c(c1)CCCO2. The van der Waals surface area contributed by atoms with Crippen molar-refractivity contribution in [1.29, 1.82) is 0 Å². The van der Waals surface area contributed by atoms with Gasteiger partial charge in [0.2, 0.25) is 0 Å². The number of fused-ring (bicyclic) bond motifs is 1. The number of rotatable bonds is 4. The van der Waals surface area contributed by atoms with E-state index < -0.39 is 0 Å². The minimum Gasteiger partial charge on any atom is -0.493 e. The summed E-state index contributed by atoms with van der Waals surface area (Å²) in [5, 5.41) is 3.34. The second-order valence-electron chi connectivity index (χ2n) is 4.17. The number of hydrogen-bond acceptors (Lipinski definition) is 3. The van der Waals surface area contributed by atoms with Gasteiger partial charge in [-0.2, -0.15) is 12.6 Å². The van der Waals surface area contributed by atoms with Crippen LogP contribution in [0.5, 0.6) is 5.75 Å². The van der Waals surface area contributed by atoms with Crippen molar-refractivity contribution in [3.63, 3.8) is 0 Å². The van der Waals surface area contributed by atoms with E-state index in [0.29, 0.717) is 6.04 Å². The van der Waals surface area contributed by atoms with E-state index in [0.717, 1.165) is 37.4 Å². The van der Waals surface area contributed by atoms with Crippen LogP contribution >= 0.6 is 12.6 Å². The fourth-order valence-corrected chi connectivity index (χ4v) is 2.46. The van der Waals surface area contributed by atoms with Crippen LogP contribution in [-0.4, -0.2) is 19.4 Å². The molecule has 1 N–H and O–H groups in total. The Morgan fingerprint density at radius 1 is 1.50 bits per heavy atom. The third-order valence-corrected chi connectivity index (χ3v) is 3.36. The maximum absolute atomic E-state index is 5.62. The standard InChI is InChI=1S/C13H19NOS/c1-14-12(6-8-16)10-4-5-13-11(9-10)3-2-7-15-13/h4-5,9,12,14,16H,2-3,6-8H2,1H3. The van der Waals surface area contributed by atoms with Crippen molar-refractivity contribution in [2.75, 3.05) is 19.4 Å². The average molecular weight is 237 g/mol. The Labute approximate surface area is 103 Å². The molecule has 2 nitrogen and oxygen atoms in total. The molecule has 1 aliphatic rings. The van der Waals surface area contributed by atoms with Gasteiger partial charge in [0.15, 0.2) is 0 Å². The van der Waals surface area contributed by atoms with E-state index in [1.54, 1.807) is 0 Å². The molecule has 1 aromatic rings. The Balaban J connectivity index is 2.21. The minimum atomic E-state index is 0.407. The van der Waals surface area contributed by atoms with E-state index in [2.05, 4.69) is 36.1 Å². The molecule has 1 atom stereocenters. The molecule has 0 saturated heterocycles. The lowest BCUT2D eigenvalue weighted by atomic mass is 9.98. The normalized spacial score (nSPS) is 16.4. The Kier molecular flexibility index (Phi) is 4.13. The van der Waals surface area contributed by atoms with Crippen molar-refractivity contribution in [2.45, 2.75) is 25.3 Å². The zero-order chi connectivity index (χ0) is 11.4. The molecule has 1 aromatic carbocycles. The fraction of sp³-hybridized carbons (Fsp3) is 0.538. The van der Waals surface area contributed by atoms with E-state index in [1.807, 2.05) is 7.05 Å². The number of nitrogens with one attached hydrogen (secondary N) is 1. The van der Waals surface area contributed by atoms with Gasteiger partial charge in [0.05, 0.1) is 6.61 Å². The van der Waals surface area contributed by atoms with Crippen molar-refractivity contribution < 1.29 is 4.74 Å². The summed E-state index contributed by atoms with van der Waals surface area (Å²) in [4.78, 5) is 0. The van der Waals surface area contributed by atoms with Gasteiger partial charge in [-0.05, 0) is 49.3 Å². The maximum Gasteiger partial charge on any atom is 0.122 e. The van der Waals surface area contributed by atoms with Crippen LogP contribution in [0.25, 0.3) is 0 Å². The summed E-state index contributed by atoms with van der Waals surface area (Å²) >= 11 is 4.30. The average Bonchev–Trinajstić information content (AvgIpc) is 2.35. The zero-order valence-electron chi connectivity index (χ0n) is 9.70. The van der Waals surface area contributed by atoms with E-state index in [-0.39, 0.29) is 0 Å². The van der Waals surface area contributed by atoms with Crippen LogP contribution in [0.1, 0.15) is 30.0 Å². The van der Waals surface area contributed by atoms with Crippen LogP contribution in [0.15, 0.2) is 18.2 Å². The second kappa shape index (κ2) is 5.60. The molecule has 2 rings (SSSR count). The Morgan fingerprint density at radius 3 is 3.12 bits per heavy atom. The molecule has 0 aromatic heterocycles. The number of hydrogen-bond donors (Lipinski definition) is 2. The highest BCUT2D eigenvalue weighted by molar-refractivity contribution is 7.80. The third-order valence-electron chi connectivity index (χ3n) is 3.10. The molecule has 16 heavy (non-hydrogen) atoms. The highest BCUT2D eigenvalue weighted by Gasteiger charge is 2.14. The van der Waals surface area contributed by atoms with Crippen molar-refractivity contribution in [3.8, 4) is 5.75 Å². The molecule has 0 aliphatic carbocycles. The van der Waals surface area contributed by atoms with E-state index in [9.17, 15) is 0 Å². The monoisotopic (exact) mass is 237 g/mol. The largest absolute Gasteiger partial charge is 0.493 e. The van der Waals surface area contributed by atoms with Gasteiger partial charge < -0.3 is 10.1 Å². The van der Waals surface area contributed by atoms with Gasteiger partial charge in [-0.1, -0.05) is 12.1 Å². The van der Waals surface area contributed by atoms with Gasteiger partial charge in [-0.3, -0.25) is 0 Å². The summed E-state index contributed by atoms with van der Waals surface area (Å²) in [6, 6.07) is 6.95. The van der Waals surface area contributed by atoms with Gasteiger partial charge in [0.25, 0.3) is 0 Å². The van der Waals surface area contributed by atoms with Gasteiger partial charge >= 0.3 is 0 Å². The number of aryl methyl sites for hydroxylation is 1. The van der Waals surface area contributed by atoms with Crippen LogP contribution in [0.2, 0.25) is 0 Å². The minimum absolute atomic E-state index is 0.407. The number of benzene rings is 1. The van der Waals surface area contributed by atoms with Gasteiger partial charge in [-0.25, -0.2) is 0 Å². The lowest BCUT2D eigenvalue weighted by Crippen LogP contribution is -2.17. The van der Waals surface area contributed by atoms with E-state index in [1.165, 1.54) is 11.1 Å². The molecule has 0 fully saturated rings. The summed E-state index contributed by atoms with van der Waals surface area (Å²) in [6.07, 6.45) is 3.33.